The zero-order chi connectivity index (χ0) is 4.99. The highest BCUT2D eigenvalue weighted by atomic mass is 32.2. The van der Waals surface area contributed by atoms with E-state index in [4.69, 9.17) is 4.61 Å². The first-order chi connectivity index (χ1) is 2.77. The first-order valence-corrected chi connectivity index (χ1v) is 3.12. The van der Waals surface area contributed by atoms with Gasteiger partial charge in [0.05, 0.1) is 5.75 Å². The molecule has 0 unspecified atom stereocenters. The summed E-state index contributed by atoms with van der Waals surface area (Å²) < 4.78 is 17.7. The van der Waals surface area contributed by atoms with Crippen molar-refractivity contribution in [3.63, 3.8) is 0 Å². The molecule has 0 saturated carbocycles. The van der Waals surface area contributed by atoms with Gasteiger partial charge >= 0.3 is 0 Å². The fourth-order valence-corrected chi connectivity index (χ4v) is 0.524. The Morgan fingerprint density at radius 3 is 2.33 bits per heavy atom. The molecule has 0 aromatic heterocycles. The largest absolute Gasteiger partial charge is 0.196 e. The average Bonchev–Trinajstić information content (AvgIpc) is 1.35. The van der Waals surface area contributed by atoms with E-state index in [2.05, 4.69) is 0 Å². The molecule has 0 aliphatic rings. The minimum absolute atomic E-state index is 0.403. The second kappa shape index (κ2) is 2.94. The van der Waals surface area contributed by atoms with Gasteiger partial charge in [0.15, 0.2) is 10.4 Å². The van der Waals surface area contributed by atoms with Crippen LogP contribution in [-0.2, 0) is 10.4 Å². The molecule has 0 N–H and O–H groups in total. The molecule has 0 aromatic rings. The van der Waals surface area contributed by atoms with Crippen LogP contribution in [0.4, 0.5) is 0 Å². The number of nitrogens with zero attached hydrogens (tertiary/aromatic N) is 1. The van der Waals surface area contributed by atoms with Gasteiger partial charge in [-0.15, -0.1) is 4.61 Å². The summed E-state index contributed by atoms with van der Waals surface area (Å²) in [6.45, 7) is 1.87. The summed E-state index contributed by atoms with van der Waals surface area (Å²) >= 11 is 0. The fourth-order valence-electron chi connectivity index (χ4n) is 0.175. The molecule has 0 radical (unpaired) electrons. The van der Waals surface area contributed by atoms with Crippen molar-refractivity contribution in [1.29, 1.82) is 4.61 Å². The van der Waals surface area contributed by atoms with Crippen molar-refractivity contribution in [2.75, 3.05) is 5.75 Å². The Bertz CT molecular complexity index is 123. The van der Waals surface area contributed by atoms with Crippen LogP contribution in [0.2, 0.25) is 0 Å². The Labute approximate surface area is 39.2 Å². The Kier molecular flexibility index (Phi) is 2.81. The molecule has 0 aliphatic carbocycles. The van der Waals surface area contributed by atoms with Crippen LogP contribution in [-0.4, -0.2) is 9.96 Å². The van der Waals surface area contributed by atoms with E-state index in [9.17, 15) is 4.21 Å². The zero-order valence-corrected chi connectivity index (χ0v) is 4.49. The zero-order valence-electron chi connectivity index (χ0n) is 3.68. The third-order valence-electron chi connectivity index (χ3n) is 0.379. The summed E-state index contributed by atoms with van der Waals surface area (Å²) in [4.78, 5) is 0. The molecule has 6 heavy (non-hydrogen) atoms. The molecular formula is C3H7NOS. The summed E-state index contributed by atoms with van der Waals surface area (Å²) in [5.74, 6) is 0.403. The Hall–Kier alpha value is -0.270. The van der Waals surface area contributed by atoms with Crippen LogP contribution >= 0.6 is 0 Å². The van der Waals surface area contributed by atoms with Crippen LogP contribution in [0.5, 0.6) is 0 Å². The first kappa shape index (κ1) is 5.73. The van der Waals surface area contributed by atoms with E-state index in [1.807, 2.05) is 6.92 Å². The van der Waals surface area contributed by atoms with E-state index in [0.29, 0.717) is 5.75 Å². The number of rotatable bonds is 1. The highest BCUT2D eigenvalue weighted by molar-refractivity contribution is 7.70. The summed E-state index contributed by atoms with van der Waals surface area (Å²) in [5, 5.41) is 0. The van der Waals surface area contributed by atoms with Gasteiger partial charge in [0.1, 0.15) is 0 Å². The van der Waals surface area contributed by atoms with Crippen molar-refractivity contribution in [3.05, 3.63) is 0 Å². The van der Waals surface area contributed by atoms with Crippen molar-refractivity contribution in [2.24, 2.45) is 0 Å². The van der Waals surface area contributed by atoms with Gasteiger partial charge in [-0.3, -0.25) is 0 Å². The Morgan fingerprint density at radius 2 is 2.33 bits per heavy atom. The maximum absolute atomic E-state index is 9.71. The molecule has 0 amide bonds. The predicted octanol–water partition coefficient (Wildman–Crippen LogP) is 0.624. The molecule has 0 atom stereocenters. The lowest BCUT2D eigenvalue weighted by Gasteiger charge is -1.68. The van der Waals surface area contributed by atoms with Crippen LogP contribution in [0.1, 0.15) is 13.3 Å². The lowest BCUT2D eigenvalue weighted by Crippen LogP contribution is -1.75. The maximum atomic E-state index is 9.71. The molecule has 2 nitrogen and oxygen atoms in total. The second-order valence-corrected chi connectivity index (χ2v) is 2.08. The molecule has 0 heterocycles. The van der Waals surface area contributed by atoms with Gasteiger partial charge in [0.25, 0.3) is 0 Å². The number of hydrogen-bond donors (Lipinski definition) is 0. The van der Waals surface area contributed by atoms with Gasteiger partial charge in [0.2, 0.25) is 0 Å². The normalized spacial score (nSPS) is 8.00. The van der Waals surface area contributed by atoms with Crippen molar-refractivity contribution in [1.82, 2.24) is 0 Å². The van der Waals surface area contributed by atoms with Gasteiger partial charge in [-0.1, -0.05) is 6.92 Å². The monoisotopic (exact) mass is 105 g/mol. The van der Waals surface area contributed by atoms with Gasteiger partial charge < -0.3 is 0 Å². The van der Waals surface area contributed by atoms with E-state index >= 15 is 0 Å². The Morgan fingerprint density at radius 1 is 1.83 bits per heavy atom. The molecule has 0 aromatic carbocycles. The third kappa shape index (κ3) is 3.73. The fraction of sp³-hybridized carbons (Fsp3) is 1.00. The molecule has 36 valence electrons. The number of hydrogen-bond acceptors (Lipinski definition) is 2. The van der Waals surface area contributed by atoms with E-state index < -0.39 is 10.4 Å². The van der Waals surface area contributed by atoms with Crippen LogP contribution in [0.3, 0.4) is 0 Å². The maximum Gasteiger partial charge on any atom is 0.161 e. The van der Waals surface area contributed by atoms with Crippen LogP contribution in [0.25, 0.3) is 0 Å². The molecular weight excluding hydrogens is 98.1 g/mol. The highest BCUT2D eigenvalue weighted by Crippen LogP contribution is 1.70. The SMILES string of the molecule is CCCS(#N)=O. The van der Waals surface area contributed by atoms with E-state index in [1.54, 1.807) is 0 Å². The van der Waals surface area contributed by atoms with E-state index in [-0.39, 0.29) is 0 Å². The minimum atomic E-state index is -1.57. The van der Waals surface area contributed by atoms with Crippen molar-refractivity contribution in [3.8, 4) is 0 Å². The lowest BCUT2D eigenvalue weighted by atomic mass is 10.6. The van der Waals surface area contributed by atoms with Crippen LogP contribution in [0, 0.1) is 4.61 Å². The molecule has 0 saturated heterocycles. The average molecular weight is 105 g/mol. The molecule has 0 rings (SSSR count). The quantitative estimate of drug-likeness (QED) is 0.490. The van der Waals surface area contributed by atoms with E-state index in [0.717, 1.165) is 6.42 Å². The molecule has 0 aliphatic heterocycles. The van der Waals surface area contributed by atoms with Gasteiger partial charge in [-0.05, 0) is 6.42 Å². The van der Waals surface area contributed by atoms with Gasteiger partial charge in [-0.2, -0.15) is 4.21 Å². The lowest BCUT2D eigenvalue weighted by molar-refractivity contribution is 0.688. The summed E-state index contributed by atoms with van der Waals surface area (Å²) in [6, 6.07) is 0. The summed E-state index contributed by atoms with van der Waals surface area (Å²) in [5.41, 5.74) is 0. The summed E-state index contributed by atoms with van der Waals surface area (Å²) in [6.07, 6.45) is 0.781. The van der Waals surface area contributed by atoms with E-state index in [1.165, 1.54) is 0 Å². The predicted molar refractivity (Wildman–Crippen MR) is 25.0 cm³/mol. The Balaban J connectivity index is 3.16. The molecule has 0 fully saturated rings. The summed E-state index contributed by atoms with van der Waals surface area (Å²) in [7, 11) is -1.57. The van der Waals surface area contributed by atoms with Crippen LogP contribution < -0.4 is 0 Å². The minimum Gasteiger partial charge on any atom is -0.196 e. The smallest absolute Gasteiger partial charge is 0.161 e. The molecule has 0 spiro atoms. The van der Waals surface area contributed by atoms with Gasteiger partial charge in [-0.25, -0.2) is 0 Å². The highest BCUT2D eigenvalue weighted by Gasteiger charge is 1.75. The van der Waals surface area contributed by atoms with Gasteiger partial charge in [0, 0.05) is 0 Å². The topological polar surface area (TPSA) is 40.9 Å². The molecule has 3 heteroatoms. The third-order valence-corrected chi connectivity index (χ3v) is 1.14. The van der Waals surface area contributed by atoms with Crippen molar-refractivity contribution < 1.29 is 4.21 Å². The first-order valence-electron chi connectivity index (χ1n) is 1.85. The molecule has 0 bridgehead atoms. The van der Waals surface area contributed by atoms with Crippen molar-refractivity contribution >= 4 is 10.4 Å². The second-order valence-electron chi connectivity index (χ2n) is 1.03. The standard InChI is InChI=1S/C3H7NOS/c1-2-3-6(4)5/h2-3H2,1H3. The van der Waals surface area contributed by atoms with Crippen molar-refractivity contribution in [2.45, 2.75) is 13.3 Å². The van der Waals surface area contributed by atoms with Crippen LogP contribution in [0.15, 0.2) is 0 Å².